The van der Waals surface area contributed by atoms with Gasteiger partial charge in [-0.3, -0.25) is 4.79 Å². The van der Waals surface area contributed by atoms with Crippen molar-refractivity contribution in [1.82, 2.24) is 4.90 Å². The first-order valence-electron chi connectivity index (χ1n) is 7.34. The van der Waals surface area contributed by atoms with Crippen LogP contribution >= 0.6 is 11.6 Å². The summed E-state index contributed by atoms with van der Waals surface area (Å²) in [5.74, 6) is 0.943. The lowest BCUT2D eigenvalue weighted by Gasteiger charge is -2.19. The number of amides is 1. The molecule has 1 aliphatic carbocycles. The summed E-state index contributed by atoms with van der Waals surface area (Å²) in [7, 11) is 1.83. The van der Waals surface area contributed by atoms with E-state index < -0.39 is 0 Å². The monoisotopic (exact) mass is 294 g/mol. The number of hydrogen-bond donors (Lipinski definition) is 1. The van der Waals surface area contributed by atoms with Gasteiger partial charge in [0.25, 0.3) is 0 Å². The van der Waals surface area contributed by atoms with Crippen LogP contribution in [0.15, 0.2) is 18.2 Å². The van der Waals surface area contributed by atoms with E-state index >= 15 is 0 Å². The van der Waals surface area contributed by atoms with E-state index in [1.165, 1.54) is 25.7 Å². The second-order valence-corrected chi connectivity index (χ2v) is 6.20. The summed E-state index contributed by atoms with van der Waals surface area (Å²) in [5, 5.41) is 0.662. The predicted molar refractivity (Wildman–Crippen MR) is 83.5 cm³/mol. The number of nitrogens with zero attached hydrogens (tertiary/aromatic N) is 1. The van der Waals surface area contributed by atoms with Crippen molar-refractivity contribution in [3.05, 3.63) is 28.8 Å². The van der Waals surface area contributed by atoms with Gasteiger partial charge < -0.3 is 10.6 Å². The van der Waals surface area contributed by atoms with Crippen LogP contribution in [0, 0.1) is 5.92 Å². The molecule has 0 radical (unpaired) electrons. The number of carbonyl (C=O) groups is 1. The second kappa shape index (κ2) is 6.98. The molecule has 20 heavy (non-hydrogen) atoms. The van der Waals surface area contributed by atoms with Crippen LogP contribution in [-0.2, 0) is 11.3 Å². The van der Waals surface area contributed by atoms with Gasteiger partial charge in [0.15, 0.2) is 0 Å². The van der Waals surface area contributed by atoms with Gasteiger partial charge in [-0.1, -0.05) is 37.3 Å². The molecule has 1 saturated carbocycles. The maximum Gasteiger partial charge on any atom is 0.222 e. The van der Waals surface area contributed by atoms with Gasteiger partial charge in [0.05, 0.1) is 0 Å². The van der Waals surface area contributed by atoms with Crippen molar-refractivity contribution in [2.75, 3.05) is 12.8 Å². The summed E-state index contributed by atoms with van der Waals surface area (Å²) in [6.07, 6.45) is 6.90. The van der Waals surface area contributed by atoms with E-state index in [-0.39, 0.29) is 5.91 Å². The molecule has 0 heterocycles. The van der Waals surface area contributed by atoms with Crippen LogP contribution in [0.2, 0.25) is 5.02 Å². The standard InChI is InChI=1S/C16H23ClN2O/c1-19(11-13-10-14(18)7-8-15(13)17)16(20)9-6-12-4-2-3-5-12/h7-8,10,12H,2-6,9,11,18H2,1H3. The average Bonchev–Trinajstić information content (AvgIpc) is 2.93. The third-order valence-corrected chi connectivity index (χ3v) is 4.51. The molecule has 2 rings (SSSR count). The van der Waals surface area contributed by atoms with Gasteiger partial charge in [0, 0.05) is 30.7 Å². The Balaban J connectivity index is 1.85. The van der Waals surface area contributed by atoms with Crippen molar-refractivity contribution in [1.29, 1.82) is 0 Å². The Morgan fingerprint density at radius 1 is 1.40 bits per heavy atom. The summed E-state index contributed by atoms with van der Waals surface area (Å²) < 4.78 is 0. The molecule has 0 unspecified atom stereocenters. The normalized spacial score (nSPS) is 15.5. The molecule has 1 aliphatic rings. The Kier molecular flexibility index (Phi) is 5.30. The highest BCUT2D eigenvalue weighted by molar-refractivity contribution is 6.31. The van der Waals surface area contributed by atoms with Gasteiger partial charge in [0.2, 0.25) is 5.91 Å². The molecule has 0 bridgehead atoms. The molecule has 3 nitrogen and oxygen atoms in total. The number of nitrogen functional groups attached to an aromatic ring is 1. The number of benzene rings is 1. The van der Waals surface area contributed by atoms with Crippen molar-refractivity contribution < 1.29 is 4.79 Å². The van der Waals surface area contributed by atoms with E-state index in [2.05, 4.69) is 0 Å². The fraction of sp³-hybridized carbons (Fsp3) is 0.562. The third-order valence-electron chi connectivity index (χ3n) is 4.14. The van der Waals surface area contributed by atoms with E-state index in [1.807, 2.05) is 13.1 Å². The number of halogens is 1. The fourth-order valence-electron chi connectivity index (χ4n) is 2.88. The highest BCUT2D eigenvalue weighted by Gasteiger charge is 2.18. The van der Waals surface area contributed by atoms with Crippen LogP contribution < -0.4 is 5.73 Å². The zero-order valence-corrected chi connectivity index (χ0v) is 12.8. The third kappa shape index (κ3) is 4.14. The molecule has 110 valence electrons. The van der Waals surface area contributed by atoms with E-state index in [9.17, 15) is 4.79 Å². The number of carbonyl (C=O) groups excluding carboxylic acids is 1. The lowest BCUT2D eigenvalue weighted by atomic mass is 10.0. The zero-order chi connectivity index (χ0) is 14.5. The fourth-order valence-corrected chi connectivity index (χ4v) is 3.05. The van der Waals surface area contributed by atoms with Crippen LogP contribution in [0.25, 0.3) is 0 Å². The minimum Gasteiger partial charge on any atom is -0.399 e. The molecule has 0 aliphatic heterocycles. The van der Waals surface area contributed by atoms with Gasteiger partial charge in [-0.15, -0.1) is 0 Å². The first-order valence-corrected chi connectivity index (χ1v) is 7.72. The van der Waals surface area contributed by atoms with Crippen LogP contribution in [0.4, 0.5) is 5.69 Å². The molecular weight excluding hydrogens is 272 g/mol. The average molecular weight is 295 g/mol. The van der Waals surface area contributed by atoms with Crippen LogP contribution in [0.5, 0.6) is 0 Å². The Morgan fingerprint density at radius 2 is 2.10 bits per heavy atom. The van der Waals surface area contributed by atoms with Crippen LogP contribution in [0.3, 0.4) is 0 Å². The molecule has 0 spiro atoms. The minimum absolute atomic E-state index is 0.190. The Bertz CT molecular complexity index is 470. The Hall–Kier alpha value is -1.22. The first-order chi connectivity index (χ1) is 9.56. The van der Waals surface area contributed by atoms with E-state index in [0.29, 0.717) is 23.7 Å². The maximum absolute atomic E-state index is 12.2. The topological polar surface area (TPSA) is 46.3 Å². The van der Waals surface area contributed by atoms with Crippen LogP contribution in [0.1, 0.15) is 44.1 Å². The number of nitrogens with two attached hydrogens (primary N) is 1. The van der Waals surface area contributed by atoms with Crippen LogP contribution in [-0.4, -0.2) is 17.9 Å². The van der Waals surface area contributed by atoms with Crippen molar-refractivity contribution in [3.63, 3.8) is 0 Å². The Morgan fingerprint density at radius 3 is 2.80 bits per heavy atom. The van der Waals surface area contributed by atoms with Gasteiger partial charge in [-0.05, 0) is 36.1 Å². The predicted octanol–water partition coefficient (Wildman–Crippen LogP) is 3.85. The van der Waals surface area contributed by atoms with Crippen molar-refractivity contribution in [2.45, 2.75) is 45.1 Å². The lowest BCUT2D eigenvalue weighted by molar-refractivity contribution is -0.130. The second-order valence-electron chi connectivity index (χ2n) is 5.79. The molecule has 4 heteroatoms. The van der Waals surface area contributed by atoms with E-state index in [4.69, 9.17) is 17.3 Å². The summed E-state index contributed by atoms with van der Waals surface area (Å²) in [6, 6.07) is 5.39. The lowest BCUT2D eigenvalue weighted by Crippen LogP contribution is -2.26. The molecule has 1 aromatic rings. The molecule has 0 atom stereocenters. The SMILES string of the molecule is CN(Cc1cc(N)ccc1Cl)C(=O)CCC1CCCC1. The molecular formula is C16H23ClN2O. The van der Waals surface area contributed by atoms with Gasteiger partial charge in [-0.2, -0.15) is 0 Å². The number of anilines is 1. The summed E-state index contributed by atoms with van der Waals surface area (Å²) in [6.45, 7) is 0.521. The summed E-state index contributed by atoms with van der Waals surface area (Å²) in [5.41, 5.74) is 7.34. The number of rotatable bonds is 5. The Labute approximate surface area is 126 Å². The molecule has 1 amide bonds. The van der Waals surface area contributed by atoms with Gasteiger partial charge in [0.1, 0.15) is 0 Å². The zero-order valence-electron chi connectivity index (χ0n) is 12.1. The molecule has 2 N–H and O–H groups in total. The van der Waals surface area contributed by atoms with Crippen molar-refractivity contribution in [3.8, 4) is 0 Å². The smallest absolute Gasteiger partial charge is 0.222 e. The quantitative estimate of drug-likeness (QED) is 0.838. The summed E-state index contributed by atoms with van der Waals surface area (Å²) >= 11 is 6.13. The maximum atomic E-state index is 12.2. The number of hydrogen-bond acceptors (Lipinski definition) is 2. The largest absolute Gasteiger partial charge is 0.399 e. The van der Waals surface area contributed by atoms with Gasteiger partial charge in [-0.25, -0.2) is 0 Å². The first kappa shape index (κ1) is 15.2. The molecule has 0 aromatic heterocycles. The summed E-state index contributed by atoms with van der Waals surface area (Å²) in [4.78, 5) is 13.9. The highest BCUT2D eigenvalue weighted by atomic mass is 35.5. The molecule has 0 saturated heterocycles. The minimum atomic E-state index is 0.190. The highest BCUT2D eigenvalue weighted by Crippen LogP contribution is 2.29. The molecule has 1 fully saturated rings. The molecule has 1 aromatic carbocycles. The van der Waals surface area contributed by atoms with E-state index in [1.54, 1.807) is 17.0 Å². The van der Waals surface area contributed by atoms with Crippen molar-refractivity contribution in [2.24, 2.45) is 5.92 Å². The van der Waals surface area contributed by atoms with Gasteiger partial charge >= 0.3 is 0 Å². The van der Waals surface area contributed by atoms with Crippen molar-refractivity contribution >= 4 is 23.2 Å². The van der Waals surface area contributed by atoms with E-state index in [0.717, 1.165) is 17.9 Å².